The van der Waals surface area contributed by atoms with Crippen LogP contribution in [-0.2, 0) is 0 Å². The lowest BCUT2D eigenvalue weighted by Gasteiger charge is -2.03. The van der Waals surface area contributed by atoms with Crippen molar-refractivity contribution in [2.24, 2.45) is 5.10 Å². The lowest BCUT2D eigenvalue weighted by molar-refractivity contribution is 0.0950. The van der Waals surface area contributed by atoms with E-state index in [4.69, 9.17) is 11.6 Å². The molecule has 1 aromatic carbocycles. The number of carbonyl (C=O) groups is 1. The molecule has 24 heavy (non-hydrogen) atoms. The van der Waals surface area contributed by atoms with E-state index < -0.39 is 0 Å². The molecule has 2 N–H and O–H groups in total. The summed E-state index contributed by atoms with van der Waals surface area (Å²) in [5, 5.41) is 11.6. The van der Waals surface area contributed by atoms with Crippen molar-refractivity contribution in [1.82, 2.24) is 15.6 Å². The summed E-state index contributed by atoms with van der Waals surface area (Å²) in [6, 6.07) is 13.1. The normalized spacial score (nSPS) is 11.5. The van der Waals surface area contributed by atoms with Gasteiger partial charge < -0.3 is 0 Å². The SMILES string of the molecule is CC(=NNC(=O)c1cc(-c2ccc(C)s2)[nH]n1)c1ccccc1Cl. The van der Waals surface area contributed by atoms with Crippen LogP contribution in [0.3, 0.4) is 0 Å². The molecule has 3 aromatic rings. The van der Waals surface area contributed by atoms with E-state index >= 15 is 0 Å². The number of amides is 1. The highest BCUT2D eigenvalue weighted by molar-refractivity contribution is 7.15. The summed E-state index contributed by atoms with van der Waals surface area (Å²) in [6.45, 7) is 3.82. The van der Waals surface area contributed by atoms with Crippen molar-refractivity contribution in [3.63, 3.8) is 0 Å². The zero-order valence-corrected chi connectivity index (χ0v) is 14.7. The topological polar surface area (TPSA) is 70.1 Å². The largest absolute Gasteiger partial charge is 0.291 e. The standard InChI is InChI=1S/C17H15ClN4OS/c1-10-7-8-16(24-10)14-9-15(21-20-14)17(23)22-19-11(2)12-5-3-4-6-13(12)18/h3-9H,1-2H3,(H,20,21)(H,22,23). The number of aromatic nitrogens is 2. The Balaban J connectivity index is 1.73. The van der Waals surface area contributed by atoms with Gasteiger partial charge in [0.1, 0.15) is 0 Å². The Morgan fingerprint density at radius 2 is 2.08 bits per heavy atom. The minimum absolute atomic E-state index is 0.284. The van der Waals surface area contributed by atoms with Gasteiger partial charge in [-0.05, 0) is 38.1 Å². The summed E-state index contributed by atoms with van der Waals surface area (Å²) < 4.78 is 0. The molecule has 2 aromatic heterocycles. The highest BCUT2D eigenvalue weighted by atomic mass is 35.5. The van der Waals surface area contributed by atoms with Gasteiger partial charge in [0.05, 0.1) is 16.3 Å². The monoisotopic (exact) mass is 358 g/mol. The third kappa shape index (κ3) is 3.55. The molecule has 7 heteroatoms. The second-order valence-corrected chi connectivity index (χ2v) is 6.89. The number of aromatic amines is 1. The van der Waals surface area contributed by atoms with Gasteiger partial charge in [0.2, 0.25) is 0 Å². The predicted octanol–water partition coefficient (Wildman–Crippen LogP) is 4.25. The number of benzene rings is 1. The lowest BCUT2D eigenvalue weighted by Crippen LogP contribution is -2.19. The number of carbonyl (C=O) groups excluding carboxylic acids is 1. The molecule has 0 aliphatic carbocycles. The number of hydrogen-bond acceptors (Lipinski definition) is 4. The Bertz CT molecular complexity index is 913. The molecule has 0 unspecified atom stereocenters. The van der Waals surface area contributed by atoms with Gasteiger partial charge in [-0.1, -0.05) is 29.8 Å². The number of nitrogens with zero attached hydrogens (tertiary/aromatic N) is 2. The number of hydrogen-bond donors (Lipinski definition) is 2. The smallest absolute Gasteiger partial charge is 0.276 e. The second kappa shape index (κ2) is 6.98. The molecule has 0 radical (unpaired) electrons. The summed E-state index contributed by atoms with van der Waals surface area (Å²) >= 11 is 7.75. The van der Waals surface area contributed by atoms with Gasteiger partial charge in [-0.2, -0.15) is 10.2 Å². The summed E-state index contributed by atoms with van der Waals surface area (Å²) in [5.74, 6) is -0.378. The van der Waals surface area contributed by atoms with Crippen LogP contribution in [0.15, 0.2) is 47.6 Å². The van der Waals surface area contributed by atoms with E-state index in [1.54, 1.807) is 30.4 Å². The number of hydrazone groups is 1. The van der Waals surface area contributed by atoms with Gasteiger partial charge in [0.15, 0.2) is 5.69 Å². The summed E-state index contributed by atoms with van der Waals surface area (Å²) in [5.41, 5.74) is 5.00. The molecule has 0 saturated heterocycles. The molecule has 2 heterocycles. The highest BCUT2D eigenvalue weighted by Crippen LogP contribution is 2.26. The minimum atomic E-state index is -0.378. The maximum atomic E-state index is 12.2. The summed E-state index contributed by atoms with van der Waals surface area (Å²) in [7, 11) is 0. The Kier molecular flexibility index (Phi) is 4.78. The van der Waals surface area contributed by atoms with Crippen LogP contribution < -0.4 is 5.43 Å². The van der Waals surface area contributed by atoms with E-state index in [1.807, 2.05) is 37.3 Å². The van der Waals surface area contributed by atoms with Crippen LogP contribution in [0.5, 0.6) is 0 Å². The number of rotatable bonds is 4. The maximum absolute atomic E-state index is 12.2. The molecule has 5 nitrogen and oxygen atoms in total. The van der Waals surface area contributed by atoms with Gasteiger partial charge in [-0.3, -0.25) is 9.89 Å². The average Bonchev–Trinajstić information content (AvgIpc) is 3.21. The maximum Gasteiger partial charge on any atom is 0.291 e. The quantitative estimate of drug-likeness (QED) is 0.540. The van der Waals surface area contributed by atoms with E-state index in [0.717, 1.165) is 16.1 Å². The molecule has 0 atom stereocenters. The molecule has 0 spiro atoms. The van der Waals surface area contributed by atoms with Crippen molar-refractivity contribution in [2.45, 2.75) is 13.8 Å². The van der Waals surface area contributed by atoms with Crippen molar-refractivity contribution in [3.05, 3.63) is 63.6 Å². The van der Waals surface area contributed by atoms with Crippen molar-refractivity contribution < 1.29 is 4.79 Å². The van der Waals surface area contributed by atoms with Crippen LogP contribution >= 0.6 is 22.9 Å². The van der Waals surface area contributed by atoms with E-state index in [1.165, 1.54) is 4.88 Å². The number of thiophene rings is 1. The van der Waals surface area contributed by atoms with E-state index in [0.29, 0.717) is 10.7 Å². The second-order valence-electron chi connectivity index (χ2n) is 5.20. The molecule has 0 fully saturated rings. The highest BCUT2D eigenvalue weighted by Gasteiger charge is 2.12. The first-order valence-electron chi connectivity index (χ1n) is 7.26. The van der Waals surface area contributed by atoms with E-state index in [-0.39, 0.29) is 11.6 Å². The Morgan fingerprint density at radius 3 is 2.79 bits per heavy atom. The van der Waals surface area contributed by atoms with Crippen LogP contribution in [0.4, 0.5) is 0 Å². The Labute approximate surface area is 148 Å². The van der Waals surface area contributed by atoms with Crippen LogP contribution in [0, 0.1) is 6.92 Å². The van der Waals surface area contributed by atoms with Crippen LogP contribution in [0.25, 0.3) is 10.6 Å². The Hall–Kier alpha value is -2.44. The van der Waals surface area contributed by atoms with E-state index in [9.17, 15) is 4.79 Å². The molecule has 122 valence electrons. The third-order valence-corrected chi connectivity index (χ3v) is 4.77. The number of nitrogens with one attached hydrogen (secondary N) is 2. The average molecular weight is 359 g/mol. The minimum Gasteiger partial charge on any atom is -0.276 e. The first-order valence-corrected chi connectivity index (χ1v) is 8.46. The fourth-order valence-corrected chi connectivity index (χ4v) is 3.26. The molecular formula is C17H15ClN4OS. The number of aryl methyl sites for hydroxylation is 1. The third-order valence-electron chi connectivity index (χ3n) is 3.41. The van der Waals surface area contributed by atoms with Crippen molar-refractivity contribution >= 4 is 34.6 Å². The van der Waals surface area contributed by atoms with Gasteiger partial charge in [-0.25, -0.2) is 5.43 Å². The predicted molar refractivity (Wildman–Crippen MR) is 97.8 cm³/mol. The molecular weight excluding hydrogens is 344 g/mol. The summed E-state index contributed by atoms with van der Waals surface area (Å²) in [4.78, 5) is 14.4. The first kappa shape index (κ1) is 16.4. The zero-order chi connectivity index (χ0) is 17.1. The van der Waals surface area contributed by atoms with Crippen LogP contribution in [-0.4, -0.2) is 21.8 Å². The van der Waals surface area contributed by atoms with Gasteiger partial charge in [0.25, 0.3) is 5.91 Å². The Morgan fingerprint density at radius 1 is 1.29 bits per heavy atom. The molecule has 0 aliphatic heterocycles. The number of H-pyrrole nitrogens is 1. The van der Waals surface area contributed by atoms with E-state index in [2.05, 4.69) is 20.7 Å². The van der Waals surface area contributed by atoms with Gasteiger partial charge >= 0.3 is 0 Å². The van der Waals surface area contributed by atoms with Crippen molar-refractivity contribution in [1.29, 1.82) is 0 Å². The lowest BCUT2D eigenvalue weighted by atomic mass is 10.1. The van der Waals surface area contributed by atoms with Gasteiger partial charge in [-0.15, -0.1) is 11.3 Å². The molecule has 0 saturated carbocycles. The van der Waals surface area contributed by atoms with Crippen molar-refractivity contribution in [3.8, 4) is 10.6 Å². The zero-order valence-electron chi connectivity index (χ0n) is 13.1. The van der Waals surface area contributed by atoms with Gasteiger partial charge in [0, 0.05) is 15.5 Å². The fraction of sp³-hybridized carbons (Fsp3) is 0.118. The molecule has 0 aliphatic rings. The number of halogens is 1. The molecule has 0 bridgehead atoms. The summed E-state index contributed by atoms with van der Waals surface area (Å²) in [6.07, 6.45) is 0. The van der Waals surface area contributed by atoms with Crippen LogP contribution in [0.2, 0.25) is 5.02 Å². The molecule has 3 rings (SSSR count). The van der Waals surface area contributed by atoms with Crippen LogP contribution in [0.1, 0.15) is 27.9 Å². The molecule has 1 amide bonds. The van der Waals surface area contributed by atoms with Crippen molar-refractivity contribution in [2.75, 3.05) is 0 Å². The fourth-order valence-electron chi connectivity index (χ4n) is 2.15. The first-order chi connectivity index (χ1) is 11.5.